The number of benzene rings is 2. The molecule has 0 aliphatic heterocycles. The van der Waals surface area contributed by atoms with Gasteiger partial charge in [-0.05, 0) is 30.9 Å². The summed E-state index contributed by atoms with van der Waals surface area (Å²) in [6.07, 6.45) is 6.94. The van der Waals surface area contributed by atoms with E-state index in [1.54, 1.807) is 16.8 Å². The maximum absolute atomic E-state index is 13.8. The van der Waals surface area contributed by atoms with Gasteiger partial charge in [0.1, 0.15) is 23.9 Å². The Morgan fingerprint density at radius 3 is 2.74 bits per heavy atom. The summed E-state index contributed by atoms with van der Waals surface area (Å²) >= 11 is 0. The number of ether oxygens (including phenoxy) is 2. The van der Waals surface area contributed by atoms with Crippen LogP contribution in [0.4, 0.5) is 4.39 Å². The van der Waals surface area contributed by atoms with Gasteiger partial charge in [-0.1, -0.05) is 42.3 Å². The van der Waals surface area contributed by atoms with E-state index in [-0.39, 0.29) is 19.0 Å². The molecule has 1 aromatic heterocycles. The second kappa shape index (κ2) is 11.3. The van der Waals surface area contributed by atoms with Crippen LogP contribution in [0.15, 0.2) is 54.6 Å². The molecule has 0 saturated heterocycles. The van der Waals surface area contributed by atoms with E-state index >= 15 is 0 Å². The Morgan fingerprint density at radius 1 is 1.24 bits per heavy atom. The van der Waals surface area contributed by atoms with Crippen molar-refractivity contribution in [2.75, 3.05) is 26.3 Å². The van der Waals surface area contributed by atoms with Crippen molar-refractivity contribution in [3.8, 4) is 35.2 Å². The number of aromatic nitrogens is 2. The van der Waals surface area contributed by atoms with Gasteiger partial charge >= 0.3 is 0 Å². The molecule has 0 unspecified atom stereocenters. The summed E-state index contributed by atoms with van der Waals surface area (Å²) in [5.41, 5.74) is 2.65. The molecule has 3 aromatic rings. The van der Waals surface area contributed by atoms with Crippen molar-refractivity contribution in [3.05, 3.63) is 66.0 Å². The molecule has 6 nitrogen and oxygen atoms in total. The Hall–Kier alpha value is -3.18. The third-order valence-electron chi connectivity index (χ3n) is 5.71. The zero-order valence-corrected chi connectivity index (χ0v) is 19.4. The van der Waals surface area contributed by atoms with Gasteiger partial charge < -0.3 is 14.6 Å². The molecule has 0 amide bonds. The highest BCUT2D eigenvalue weighted by Crippen LogP contribution is 2.36. The highest BCUT2D eigenvalue weighted by molar-refractivity contribution is 5.65. The van der Waals surface area contributed by atoms with Gasteiger partial charge in [0, 0.05) is 38.3 Å². The van der Waals surface area contributed by atoms with E-state index < -0.39 is 6.10 Å². The number of nitrogens with zero attached hydrogens (tertiary/aromatic N) is 3. The molecule has 2 aromatic carbocycles. The highest BCUT2D eigenvalue weighted by atomic mass is 19.1. The zero-order chi connectivity index (χ0) is 23.9. The lowest BCUT2D eigenvalue weighted by Crippen LogP contribution is -2.36. The van der Waals surface area contributed by atoms with Crippen LogP contribution in [0.5, 0.6) is 11.6 Å². The van der Waals surface area contributed by atoms with E-state index in [0.717, 1.165) is 23.4 Å². The van der Waals surface area contributed by atoms with Crippen LogP contribution in [0.1, 0.15) is 18.4 Å². The largest absolute Gasteiger partial charge is 0.439 e. The number of rotatable bonds is 12. The van der Waals surface area contributed by atoms with Gasteiger partial charge in [0.05, 0.1) is 18.3 Å². The first-order chi connectivity index (χ1) is 16.5. The highest BCUT2D eigenvalue weighted by Gasteiger charge is 2.28. The van der Waals surface area contributed by atoms with Crippen LogP contribution >= 0.6 is 0 Å². The topological polar surface area (TPSA) is 59.8 Å². The number of hydrogen-bond acceptors (Lipinski definition) is 5. The average molecular weight is 464 g/mol. The molecule has 1 aliphatic rings. The van der Waals surface area contributed by atoms with Gasteiger partial charge in [-0.3, -0.25) is 4.90 Å². The Morgan fingerprint density at radius 2 is 2.03 bits per heavy atom. The molecule has 1 saturated carbocycles. The van der Waals surface area contributed by atoms with Crippen molar-refractivity contribution >= 4 is 0 Å². The lowest BCUT2D eigenvalue weighted by Gasteiger charge is -2.25. The summed E-state index contributed by atoms with van der Waals surface area (Å²) in [5, 5.41) is 15.3. The molecule has 1 heterocycles. The fourth-order valence-electron chi connectivity index (χ4n) is 3.99. The number of aryl methyl sites for hydroxylation is 1. The third-order valence-corrected chi connectivity index (χ3v) is 5.71. The summed E-state index contributed by atoms with van der Waals surface area (Å²) in [5.74, 6) is 3.62. The lowest BCUT2D eigenvalue weighted by atomic mass is 10.1. The van der Waals surface area contributed by atoms with Crippen LogP contribution in [0, 0.1) is 24.1 Å². The van der Waals surface area contributed by atoms with Gasteiger partial charge in [-0.2, -0.15) is 5.10 Å². The van der Waals surface area contributed by atoms with Crippen LogP contribution < -0.4 is 4.74 Å². The second-order valence-corrected chi connectivity index (χ2v) is 8.69. The van der Waals surface area contributed by atoms with Crippen LogP contribution in [-0.2, 0) is 18.3 Å². The predicted octanol–water partition coefficient (Wildman–Crippen LogP) is 4.24. The second-order valence-electron chi connectivity index (χ2n) is 8.69. The van der Waals surface area contributed by atoms with Gasteiger partial charge in [0.25, 0.3) is 0 Å². The number of terminal acetylenes is 1. The molecule has 0 bridgehead atoms. The molecular formula is C27H30FN3O3. The van der Waals surface area contributed by atoms with E-state index in [4.69, 9.17) is 21.0 Å². The maximum Gasteiger partial charge on any atom is 0.222 e. The Balaban J connectivity index is 1.64. The Kier molecular flexibility index (Phi) is 7.96. The predicted molar refractivity (Wildman–Crippen MR) is 129 cm³/mol. The minimum absolute atomic E-state index is 0.173. The normalized spacial score (nSPS) is 14.2. The summed E-state index contributed by atoms with van der Waals surface area (Å²) in [6.45, 7) is 2.16. The van der Waals surface area contributed by atoms with Crippen molar-refractivity contribution in [2.24, 2.45) is 13.0 Å². The quantitative estimate of drug-likeness (QED) is 0.322. The Labute approximate surface area is 199 Å². The summed E-state index contributed by atoms with van der Waals surface area (Å²) in [6, 6.07) is 16.0. The molecule has 0 spiro atoms. The van der Waals surface area contributed by atoms with Crippen molar-refractivity contribution in [1.82, 2.24) is 14.7 Å². The van der Waals surface area contributed by atoms with Crippen LogP contribution in [0.3, 0.4) is 0 Å². The molecule has 1 atom stereocenters. The van der Waals surface area contributed by atoms with Crippen molar-refractivity contribution in [2.45, 2.75) is 25.5 Å². The fraction of sp³-hybridized carbons (Fsp3) is 0.370. The molecule has 1 aliphatic carbocycles. The van der Waals surface area contributed by atoms with E-state index in [9.17, 15) is 9.50 Å². The Bertz CT molecular complexity index is 1120. The molecule has 7 heteroatoms. The van der Waals surface area contributed by atoms with Gasteiger partial charge in [-0.15, -0.1) is 6.42 Å². The van der Waals surface area contributed by atoms with Crippen molar-refractivity contribution in [3.63, 3.8) is 0 Å². The van der Waals surface area contributed by atoms with E-state index in [1.807, 2.05) is 37.4 Å². The smallest absolute Gasteiger partial charge is 0.222 e. The van der Waals surface area contributed by atoms with E-state index in [0.29, 0.717) is 30.6 Å². The zero-order valence-electron chi connectivity index (χ0n) is 19.4. The molecule has 0 radical (unpaired) electrons. The van der Waals surface area contributed by atoms with Crippen LogP contribution in [-0.4, -0.2) is 52.2 Å². The van der Waals surface area contributed by atoms with Crippen molar-refractivity contribution in [1.29, 1.82) is 0 Å². The minimum Gasteiger partial charge on any atom is -0.439 e. The SMILES string of the molecule is C#CCOC[C@@H](O)CN(Cc1c(-c2ccccc2)nn(C)c1Oc1cccc(F)c1)CC1CC1. The molecule has 4 rings (SSSR count). The monoisotopic (exact) mass is 463 g/mol. The average Bonchev–Trinajstić information content (AvgIpc) is 3.59. The number of halogens is 1. The molecule has 1 fully saturated rings. The molecule has 178 valence electrons. The molecular weight excluding hydrogens is 433 g/mol. The van der Waals surface area contributed by atoms with Gasteiger partial charge in [-0.25, -0.2) is 9.07 Å². The number of aliphatic hydroxyl groups excluding tert-OH is 1. The third kappa shape index (κ3) is 6.45. The number of aliphatic hydroxyl groups is 1. The summed E-state index contributed by atoms with van der Waals surface area (Å²) in [4.78, 5) is 2.21. The summed E-state index contributed by atoms with van der Waals surface area (Å²) < 4.78 is 27.0. The minimum atomic E-state index is -0.670. The first kappa shape index (κ1) is 24.0. The van der Waals surface area contributed by atoms with E-state index in [2.05, 4.69) is 10.8 Å². The first-order valence-corrected chi connectivity index (χ1v) is 11.5. The van der Waals surface area contributed by atoms with Crippen LogP contribution in [0.25, 0.3) is 11.3 Å². The summed E-state index contributed by atoms with van der Waals surface area (Å²) in [7, 11) is 1.82. The molecule has 34 heavy (non-hydrogen) atoms. The van der Waals surface area contributed by atoms with Crippen LogP contribution in [0.2, 0.25) is 0 Å². The van der Waals surface area contributed by atoms with Gasteiger partial charge in [0.2, 0.25) is 5.88 Å². The van der Waals surface area contributed by atoms with E-state index in [1.165, 1.54) is 25.0 Å². The van der Waals surface area contributed by atoms with Crippen molar-refractivity contribution < 1.29 is 19.0 Å². The lowest BCUT2D eigenvalue weighted by molar-refractivity contribution is 0.0250. The molecule has 1 N–H and O–H groups in total. The maximum atomic E-state index is 13.8. The van der Waals surface area contributed by atoms with Gasteiger partial charge in [0.15, 0.2) is 0 Å². The number of hydrogen-bond donors (Lipinski definition) is 1. The standard InChI is InChI=1S/C27H30FN3O3/c1-3-14-33-19-23(32)17-31(16-20-12-13-20)18-25-26(21-8-5-4-6-9-21)29-30(2)27(25)34-24-11-7-10-22(28)15-24/h1,4-11,15,20,23,32H,12-14,16-19H2,2H3/t23-/m0/s1. The first-order valence-electron chi connectivity index (χ1n) is 11.5. The fourth-order valence-corrected chi connectivity index (χ4v) is 3.99.